The third kappa shape index (κ3) is 6.56. The van der Waals surface area contributed by atoms with Crippen LogP contribution in [-0.4, -0.2) is 30.6 Å². The first kappa shape index (κ1) is 21.7. The summed E-state index contributed by atoms with van der Waals surface area (Å²) in [4.78, 5) is 23.7. The van der Waals surface area contributed by atoms with Gasteiger partial charge in [0, 0.05) is 6.42 Å². The van der Waals surface area contributed by atoms with E-state index in [2.05, 4.69) is 32.2 Å². The molecular weight excluding hydrogens is 356 g/mol. The zero-order valence-electron chi connectivity index (χ0n) is 17.0. The van der Waals surface area contributed by atoms with Crippen molar-refractivity contribution in [2.24, 2.45) is 0 Å². The smallest absolute Gasteiger partial charge is 0.306 e. The second-order valence-electron chi connectivity index (χ2n) is 8.34. The predicted octanol–water partition coefficient (Wildman–Crippen LogP) is 3.64. The van der Waals surface area contributed by atoms with Gasteiger partial charge in [-0.1, -0.05) is 32.9 Å². The standard InChI is InChI=1S/C22H30N2O4/c1-21(2,3)17-8-10-18(11-9-17)27-14-6-7-20(26)28-15-19(25)24-22(16-23)12-4-5-13-22/h8-11H,4-7,12-15H2,1-3H3,(H,24,25). The molecule has 1 aromatic rings. The van der Waals surface area contributed by atoms with Gasteiger partial charge in [0.1, 0.15) is 11.3 Å². The fraction of sp³-hybridized carbons (Fsp3) is 0.591. The Morgan fingerprint density at radius 1 is 1.18 bits per heavy atom. The van der Waals surface area contributed by atoms with Gasteiger partial charge < -0.3 is 14.8 Å². The normalized spacial score (nSPS) is 15.5. The number of ether oxygens (including phenoxy) is 2. The number of esters is 1. The Balaban J connectivity index is 1.62. The Kier molecular flexibility index (Phi) is 7.45. The Morgan fingerprint density at radius 2 is 1.82 bits per heavy atom. The number of hydrogen-bond donors (Lipinski definition) is 1. The van der Waals surface area contributed by atoms with Crippen molar-refractivity contribution < 1.29 is 19.1 Å². The van der Waals surface area contributed by atoms with Crippen LogP contribution in [0.15, 0.2) is 24.3 Å². The lowest BCUT2D eigenvalue weighted by atomic mass is 9.87. The Bertz CT molecular complexity index is 708. The first-order valence-electron chi connectivity index (χ1n) is 9.85. The maximum absolute atomic E-state index is 11.9. The van der Waals surface area contributed by atoms with Crippen LogP contribution in [0.1, 0.15) is 64.9 Å². The van der Waals surface area contributed by atoms with Crippen LogP contribution in [0.25, 0.3) is 0 Å². The summed E-state index contributed by atoms with van der Waals surface area (Å²) < 4.78 is 10.6. The van der Waals surface area contributed by atoms with Crippen LogP contribution in [0.5, 0.6) is 5.75 Å². The number of benzene rings is 1. The van der Waals surface area contributed by atoms with Crippen molar-refractivity contribution >= 4 is 11.9 Å². The molecule has 1 amide bonds. The van der Waals surface area contributed by atoms with Gasteiger partial charge in [0.15, 0.2) is 6.61 Å². The maximum Gasteiger partial charge on any atom is 0.306 e. The summed E-state index contributed by atoms with van der Waals surface area (Å²) in [5.74, 6) is -0.106. The summed E-state index contributed by atoms with van der Waals surface area (Å²) in [6.45, 7) is 6.51. The first-order chi connectivity index (χ1) is 13.2. The van der Waals surface area contributed by atoms with Crippen molar-refractivity contribution in [3.63, 3.8) is 0 Å². The molecule has 0 atom stereocenters. The van der Waals surface area contributed by atoms with E-state index in [1.165, 1.54) is 5.56 Å². The Morgan fingerprint density at radius 3 is 2.39 bits per heavy atom. The molecule has 0 spiro atoms. The van der Waals surface area contributed by atoms with Crippen LogP contribution in [0.3, 0.4) is 0 Å². The molecule has 1 N–H and O–H groups in total. The highest BCUT2D eigenvalue weighted by atomic mass is 16.5. The van der Waals surface area contributed by atoms with Crippen LogP contribution in [0, 0.1) is 11.3 Å². The van der Waals surface area contributed by atoms with Crippen molar-refractivity contribution in [3.8, 4) is 11.8 Å². The van der Waals surface area contributed by atoms with E-state index in [1.807, 2.05) is 24.3 Å². The highest BCUT2D eigenvalue weighted by molar-refractivity contribution is 5.81. The lowest BCUT2D eigenvalue weighted by molar-refractivity contribution is -0.149. The van der Waals surface area contributed by atoms with Gasteiger partial charge in [-0.3, -0.25) is 9.59 Å². The van der Waals surface area contributed by atoms with Crippen molar-refractivity contribution in [2.75, 3.05) is 13.2 Å². The van der Waals surface area contributed by atoms with Crippen LogP contribution in [0.4, 0.5) is 0 Å². The summed E-state index contributed by atoms with van der Waals surface area (Å²) >= 11 is 0. The summed E-state index contributed by atoms with van der Waals surface area (Å²) in [6.07, 6.45) is 3.83. The third-order valence-electron chi connectivity index (χ3n) is 4.93. The average Bonchev–Trinajstić information content (AvgIpc) is 3.12. The molecular formula is C22H30N2O4. The van der Waals surface area contributed by atoms with Crippen LogP contribution < -0.4 is 10.1 Å². The molecule has 6 nitrogen and oxygen atoms in total. The van der Waals surface area contributed by atoms with E-state index < -0.39 is 17.4 Å². The molecule has 1 saturated carbocycles. The monoisotopic (exact) mass is 386 g/mol. The average molecular weight is 386 g/mol. The Hall–Kier alpha value is -2.55. The summed E-state index contributed by atoms with van der Waals surface area (Å²) in [6, 6.07) is 10.1. The van der Waals surface area contributed by atoms with Gasteiger partial charge in [0.2, 0.25) is 0 Å². The van der Waals surface area contributed by atoms with E-state index in [-0.39, 0.29) is 18.4 Å². The van der Waals surface area contributed by atoms with Crippen LogP contribution in [0.2, 0.25) is 0 Å². The number of carbonyl (C=O) groups is 2. The zero-order valence-corrected chi connectivity index (χ0v) is 17.0. The molecule has 2 rings (SSSR count). The lowest BCUT2D eigenvalue weighted by Crippen LogP contribution is -2.46. The van der Waals surface area contributed by atoms with Crippen molar-refractivity contribution in [1.82, 2.24) is 5.32 Å². The van der Waals surface area contributed by atoms with Gasteiger partial charge in [-0.25, -0.2) is 0 Å². The highest BCUT2D eigenvalue weighted by Gasteiger charge is 2.35. The zero-order chi connectivity index (χ0) is 20.6. The summed E-state index contributed by atoms with van der Waals surface area (Å²) in [5.41, 5.74) is 0.538. The third-order valence-corrected chi connectivity index (χ3v) is 4.93. The van der Waals surface area contributed by atoms with Crippen molar-refractivity contribution in [3.05, 3.63) is 29.8 Å². The van der Waals surface area contributed by atoms with E-state index >= 15 is 0 Å². The maximum atomic E-state index is 11.9. The fourth-order valence-electron chi connectivity index (χ4n) is 3.22. The molecule has 1 fully saturated rings. The lowest BCUT2D eigenvalue weighted by Gasteiger charge is -2.21. The minimum Gasteiger partial charge on any atom is -0.494 e. The fourth-order valence-corrected chi connectivity index (χ4v) is 3.22. The second kappa shape index (κ2) is 9.59. The number of rotatable bonds is 8. The van der Waals surface area contributed by atoms with Gasteiger partial charge in [0.05, 0.1) is 12.7 Å². The van der Waals surface area contributed by atoms with E-state index in [0.717, 1.165) is 18.6 Å². The predicted molar refractivity (Wildman–Crippen MR) is 106 cm³/mol. The van der Waals surface area contributed by atoms with Crippen molar-refractivity contribution in [2.45, 2.75) is 70.3 Å². The van der Waals surface area contributed by atoms with Gasteiger partial charge in [-0.15, -0.1) is 0 Å². The Labute approximate surface area is 167 Å². The molecule has 0 unspecified atom stereocenters. The summed E-state index contributed by atoms with van der Waals surface area (Å²) in [7, 11) is 0. The second-order valence-corrected chi connectivity index (χ2v) is 8.34. The molecule has 152 valence electrons. The van der Waals surface area contributed by atoms with Crippen LogP contribution >= 0.6 is 0 Å². The van der Waals surface area contributed by atoms with Crippen molar-refractivity contribution in [1.29, 1.82) is 5.26 Å². The minimum atomic E-state index is -0.792. The molecule has 1 aromatic carbocycles. The molecule has 28 heavy (non-hydrogen) atoms. The van der Waals surface area contributed by atoms with E-state index in [4.69, 9.17) is 9.47 Å². The van der Waals surface area contributed by atoms with E-state index in [1.54, 1.807) is 0 Å². The van der Waals surface area contributed by atoms with Gasteiger partial charge >= 0.3 is 5.97 Å². The first-order valence-corrected chi connectivity index (χ1v) is 9.85. The molecule has 0 saturated heterocycles. The number of nitriles is 1. The molecule has 0 aliphatic heterocycles. The largest absolute Gasteiger partial charge is 0.494 e. The molecule has 1 aliphatic carbocycles. The molecule has 1 aliphatic rings. The van der Waals surface area contributed by atoms with Gasteiger partial charge in [0.25, 0.3) is 5.91 Å². The molecule has 6 heteroatoms. The number of nitrogens with one attached hydrogen (secondary N) is 1. The number of carbonyl (C=O) groups excluding carboxylic acids is 2. The number of nitrogens with zero attached hydrogens (tertiary/aromatic N) is 1. The van der Waals surface area contributed by atoms with E-state index in [9.17, 15) is 14.9 Å². The molecule has 0 bridgehead atoms. The molecule has 0 radical (unpaired) electrons. The quantitative estimate of drug-likeness (QED) is 0.544. The SMILES string of the molecule is CC(C)(C)c1ccc(OCCCC(=O)OCC(=O)NC2(C#N)CCCC2)cc1. The van der Waals surface area contributed by atoms with Gasteiger partial charge in [-0.05, 0) is 55.2 Å². The number of amides is 1. The molecule has 0 heterocycles. The van der Waals surface area contributed by atoms with Crippen LogP contribution in [-0.2, 0) is 19.7 Å². The molecule has 0 aromatic heterocycles. The summed E-state index contributed by atoms with van der Waals surface area (Å²) in [5, 5.41) is 11.9. The minimum absolute atomic E-state index is 0.0965. The number of hydrogen-bond acceptors (Lipinski definition) is 5. The highest BCUT2D eigenvalue weighted by Crippen LogP contribution is 2.28. The topological polar surface area (TPSA) is 88.4 Å². The van der Waals surface area contributed by atoms with Gasteiger partial charge in [-0.2, -0.15) is 5.26 Å². The van der Waals surface area contributed by atoms with E-state index in [0.29, 0.717) is 25.9 Å².